The van der Waals surface area contributed by atoms with Crippen molar-refractivity contribution in [3.63, 3.8) is 0 Å². The van der Waals surface area contributed by atoms with E-state index in [1.165, 1.54) is 6.42 Å². The first-order chi connectivity index (χ1) is 9.25. The minimum absolute atomic E-state index is 0.0702. The van der Waals surface area contributed by atoms with Crippen molar-refractivity contribution in [1.29, 1.82) is 0 Å². The van der Waals surface area contributed by atoms with Crippen LogP contribution in [0.25, 0.3) is 0 Å². The molecule has 0 N–H and O–H groups in total. The van der Waals surface area contributed by atoms with Crippen molar-refractivity contribution in [3.05, 3.63) is 29.8 Å². The second kappa shape index (κ2) is 5.03. The number of fused-ring (bicyclic) bond motifs is 1. The Hall–Kier alpha value is -1.84. The Balaban J connectivity index is 1.78. The summed E-state index contributed by atoms with van der Waals surface area (Å²) in [5.74, 6) is -0.545. The van der Waals surface area contributed by atoms with Crippen LogP contribution >= 0.6 is 0 Å². The first kappa shape index (κ1) is 12.2. The van der Waals surface area contributed by atoms with Gasteiger partial charge in [-0.25, -0.2) is 0 Å². The molecule has 4 nitrogen and oxygen atoms in total. The first-order valence-corrected chi connectivity index (χ1v) is 6.84. The Morgan fingerprint density at radius 3 is 2.68 bits per heavy atom. The Morgan fingerprint density at radius 1 is 1.16 bits per heavy atom. The second-order valence-corrected chi connectivity index (χ2v) is 5.17. The van der Waals surface area contributed by atoms with Gasteiger partial charge >= 0.3 is 5.97 Å². The lowest BCUT2D eigenvalue weighted by molar-refractivity contribution is -0.150. The van der Waals surface area contributed by atoms with Crippen LogP contribution in [0.1, 0.15) is 24.8 Å². The van der Waals surface area contributed by atoms with Crippen molar-refractivity contribution in [2.75, 3.05) is 13.1 Å². The molecule has 1 unspecified atom stereocenters. The predicted octanol–water partition coefficient (Wildman–Crippen LogP) is 1.78. The van der Waals surface area contributed by atoms with E-state index >= 15 is 0 Å². The topological polar surface area (TPSA) is 46.6 Å². The van der Waals surface area contributed by atoms with Crippen molar-refractivity contribution >= 4 is 11.9 Å². The fourth-order valence-electron chi connectivity index (χ4n) is 2.78. The van der Waals surface area contributed by atoms with E-state index in [2.05, 4.69) is 0 Å². The molecule has 0 radical (unpaired) electrons. The fourth-order valence-corrected chi connectivity index (χ4v) is 2.78. The second-order valence-electron chi connectivity index (χ2n) is 5.17. The van der Waals surface area contributed by atoms with Gasteiger partial charge in [0.15, 0.2) is 0 Å². The Morgan fingerprint density at radius 2 is 1.89 bits per heavy atom. The number of carbonyl (C=O) groups is 2. The number of hydrogen-bond acceptors (Lipinski definition) is 3. The lowest BCUT2D eigenvalue weighted by Crippen LogP contribution is -2.45. The van der Waals surface area contributed by atoms with Crippen LogP contribution in [0, 0.1) is 5.92 Å². The molecule has 1 aromatic rings. The maximum Gasteiger partial charge on any atom is 0.324 e. The monoisotopic (exact) mass is 259 g/mol. The van der Waals surface area contributed by atoms with Crippen molar-refractivity contribution in [2.45, 2.75) is 25.7 Å². The van der Waals surface area contributed by atoms with Crippen molar-refractivity contribution < 1.29 is 14.3 Å². The molecule has 100 valence electrons. The number of esters is 1. The lowest BCUT2D eigenvalue weighted by Gasteiger charge is -2.31. The Labute approximate surface area is 112 Å². The zero-order chi connectivity index (χ0) is 13.2. The fraction of sp³-hybridized carbons (Fsp3) is 0.467. The number of rotatable bonds is 1. The van der Waals surface area contributed by atoms with Gasteiger partial charge < -0.3 is 9.64 Å². The van der Waals surface area contributed by atoms with E-state index in [0.29, 0.717) is 12.2 Å². The van der Waals surface area contributed by atoms with Gasteiger partial charge in [-0.15, -0.1) is 0 Å². The SMILES string of the molecule is O=C1Oc2ccccc2CC1C(=O)N1CCCCC1. The maximum absolute atomic E-state index is 12.4. The van der Waals surface area contributed by atoms with Gasteiger partial charge in [-0.1, -0.05) is 18.2 Å². The molecule has 0 aliphatic carbocycles. The predicted molar refractivity (Wildman–Crippen MR) is 69.7 cm³/mol. The van der Waals surface area contributed by atoms with Crippen molar-refractivity contribution in [3.8, 4) is 5.75 Å². The zero-order valence-corrected chi connectivity index (χ0v) is 10.8. The van der Waals surface area contributed by atoms with Crippen LogP contribution in [0.4, 0.5) is 0 Å². The van der Waals surface area contributed by atoms with Crippen LogP contribution in [0.5, 0.6) is 5.75 Å². The molecule has 1 fully saturated rings. The van der Waals surface area contributed by atoms with Crippen LogP contribution in [0.2, 0.25) is 0 Å². The average molecular weight is 259 g/mol. The summed E-state index contributed by atoms with van der Waals surface area (Å²) >= 11 is 0. The quantitative estimate of drug-likeness (QED) is 0.439. The number of para-hydroxylation sites is 1. The molecule has 0 spiro atoms. The van der Waals surface area contributed by atoms with E-state index in [1.54, 1.807) is 6.07 Å². The first-order valence-electron chi connectivity index (χ1n) is 6.84. The lowest BCUT2D eigenvalue weighted by atomic mass is 9.94. The summed E-state index contributed by atoms with van der Waals surface area (Å²) in [6.07, 6.45) is 3.69. The van der Waals surface area contributed by atoms with E-state index in [-0.39, 0.29) is 5.91 Å². The summed E-state index contributed by atoms with van der Waals surface area (Å²) in [5, 5.41) is 0. The summed E-state index contributed by atoms with van der Waals surface area (Å²) in [5.41, 5.74) is 0.942. The van der Waals surface area contributed by atoms with Crippen LogP contribution in [-0.4, -0.2) is 29.9 Å². The maximum atomic E-state index is 12.4. The number of hydrogen-bond donors (Lipinski definition) is 0. The van der Waals surface area contributed by atoms with Crippen LogP contribution in [-0.2, 0) is 16.0 Å². The van der Waals surface area contributed by atoms with Crippen molar-refractivity contribution in [1.82, 2.24) is 4.90 Å². The highest BCUT2D eigenvalue weighted by atomic mass is 16.5. The molecular weight excluding hydrogens is 242 g/mol. The number of ether oxygens (including phenoxy) is 1. The number of benzene rings is 1. The van der Waals surface area contributed by atoms with Gasteiger partial charge in [-0.3, -0.25) is 9.59 Å². The molecule has 1 saturated heterocycles. The molecular formula is C15H17NO3. The Bertz CT molecular complexity index is 506. The number of carbonyl (C=O) groups excluding carboxylic acids is 2. The van der Waals surface area contributed by atoms with Gasteiger partial charge in [0, 0.05) is 13.1 Å². The third-order valence-corrected chi connectivity index (χ3v) is 3.86. The van der Waals surface area contributed by atoms with Crippen LogP contribution < -0.4 is 4.74 Å². The molecule has 3 rings (SSSR count). The van der Waals surface area contributed by atoms with Crippen molar-refractivity contribution in [2.24, 2.45) is 5.92 Å². The standard InChI is InChI=1S/C15H17NO3/c17-14(16-8-4-1-5-9-16)12-10-11-6-2-3-7-13(11)19-15(12)18/h2-3,6-7,12H,1,4-5,8-10H2. The molecule has 1 atom stereocenters. The normalized spacial score (nSPS) is 22.6. The zero-order valence-electron chi connectivity index (χ0n) is 10.8. The minimum Gasteiger partial charge on any atom is -0.426 e. The van der Waals surface area contributed by atoms with Gasteiger partial charge in [-0.2, -0.15) is 0 Å². The average Bonchev–Trinajstić information content (AvgIpc) is 2.47. The molecule has 4 heteroatoms. The molecule has 2 aliphatic heterocycles. The van der Waals surface area contributed by atoms with Gasteiger partial charge in [0.25, 0.3) is 0 Å². The highest BCUT2D eigenvalue weighted by molar-refractivity contribution is 6.00. The van der Waals surface area contributed by atoms with Gasteiger partial charge in [0.1, 0.15) is 11.7 Å². The number of likely N-dealkylation sites (tertiary alicyclic amines) is 1. The summed E-state index contributed by atoms with van der Waals surface area (Å²) in [4.78, 5) is 26.2. The third kappa shape index (κ3) is 2.35. The molecule has 2 heterocycles. The molecule has 1 aromatic carbocycles. The van der Waals surface area contributed by atoms with E-state index in [0.717, 1.165) is 31.5 Å². The molecule has 19 heavy (non-hydrogen) atoms. The summed E-state index contributed by atoms with van der Waals surface area (Å²) in [6.45, 7) is 1.54. The van der Waals surface area contributed by atoms with Gasteiger partial charge in [-0.05, 0) is 37.3 Å². The summed E-state index contributed by atoms with van der Waals surface area (Å²) < 4.78 is 5.27. The minimum atomic E-state index is -0.659. The van der Waals surface area contributed by atoms with Crippen LogP contribution in [0.15, 0.2) is 24.3 Å². The smallest absolute Gasteiger partial charge is 0.324 e. The van der Waals surface area contributed by atoms with Crippen LogP contribution in [0.3, 0.4) is 0 Å². The molecule has 1 amide bonds. The van der Waals surface area contributed by atoms with E-state index in [4.69, 9.17) is 4.74 Å². The van der Waals surface area contributed by atoms with E-state index < -0.39 is 11.9 Å². The largest absolute Gasteiger partial charge is 0.426 e. The molecule has 2 aliphatic rings. The third-order valence-electron chi connectivity index (χ3n) is 3.86. The number of amides is 1. The van der Waals surface area contributed by atoms with E-state index in [1.807, 2.05) is 23.1 Å². The molecule has 0 saturated carbocycles. The number of nitrogens with zero attached hydrogens (tertiary/aromatic N) is 1. The Kier molecular flexibility index (Phi) is 3.23. The summed E-state index contributed by atoms with van der Waals surface area (Å²) in [6, 6.07) is 7.42. The van der Waals surface area contributed by atoms with Gasteiger partial charge in [0.05, 0.1) is 0 Å². The van der Waals surface area contributed by atoms with Gasteiger partial charge in [0.2, 0.25) is 5.91 Å². The summed E-state index contributed by atoms with van der Waals surface area (Å²) in [7, 11) is 0. The molecule has 0 aromatic heterocycles. The highest BCUT2D eigenvalue weighted by Crippen LogP contribution is 2.29. The van der Waals surface area contributed by atoms with E-state index in [9.17, 15) is 9.59 Å². The highest BCUT2D eigenvalue weighted by Gasteiger charge is 2.36. The number of piperidine rings is 1. The molecule has 0 bridgehead atoms.